The summed E-state index contributed by atoms with van der Waals surface area (Å²) >= 11 is 1.28. The van der Waals surface area contributed by atoms with Crippen LogP contribution in [0.2, 0.25) is 0 Å². The van der Waals surface area contributed by atoms with E-state index in [9.17, 15) is 9.18 Å². The third kappa shape index (κ3) is 3.11. The number of oxazole rings is 1. The number of nitrogens with one attached hydrogen (secondary N) is 1. The fraction of sp³-hybridized carbons (Fsp3) is 0.200. The highest BCUT2D eigenvalue weighted by atomic mass is 32.1. The maximum atomic E-state index is 13.9. The zero-order valence-corrected chi connectivity index (χ0v) is 13.2. The molecular weight excluding hydrogens is 319 g/mol. The first-order valence-corrected chi connectivity index (χ1v) is 7.71. The van der Waals surface area contributed by atoms with E-state index >= 15 is 0 Å². The molecule has 0 aliphatic heterocycles. The summed E-state index contributed by atoms with van der Waals surface area (Å²) in [6.45, 7) is 3.97. The highest BCUT2D eigenvalue weighted by molar-refractivity contribution is 7.15. The maximum absolute atomic E-state index is 13.9. The number of rotatable bonds is 4. The van der Waals surface area contributed by atoms with Gasteiger partial charge in [0.1, 0.15) is 10.8 Å². The van der Waals surface area contributed by atoms with Crippen LogP contribution in [0.1, 0.15) is 35.3 Å². The van der Waals surface area contributed by atoms with Crippen LogP contribution >= 0.6 is 11.3 Å². The van der Waals surface area contributed by atoms with E-state index in [1.165, 1.54) is 23.5 Å². The van der Waals surface area contributed by atoms with Gasteiger partial charge in [-0.2, -0.15) is 0 Å². The standard InChI is InChI=1S/C15H13FN4O2S/c1-8(2)14-19-20-15(23-14)18-13(21)11-12(22-7-17-11)9-5-3-4-6-10(9)16/h3-8H,1-2H3,(H,18,20,21). The van der Waals surface area contributed by atoms with Crippen molar-refractivity contribution in [3.8, 4) is 11.3 Å². The Kier molecular flexibility index (Phi) is 4.16. The number of anilines is 1. The quantitative estimate of drug-likeness (QED) is 0.788. The largest absolute Gasteiger partial charge is 0.443 e. The molecule has 0 unspecified atom stereocenters. The number of amides is 1. The van der Waals surface area contributed by atoms with Gasteiger partial charge in [-0.1, -0.05) is 37.3 Å². The van der Waals surface area contributed by atoms with E-state index in [0.29, 0.717) is 5.13 Å². The molecule has 0 spiro atoms. The molecule has 0 radical (unpaired) electrons. The van der Waals surface area contributed by atoms with E-state index in [-0.39, 0.29) is 22.9 Å². The molecule has 1 N–H and O–H groups in total. The number of carbonyl (C=O) groups is 1. The lowest BCUT2D eigenvalue weighted by molar-refractivity contribution is 0.102. The normalized spacial score (nSPS) is 11.0. The van der Waals surface area contributed by atoms with Gasteiger partial charge in [-0.25, -0.2) is 9.37 Å². The molecule has 0 aliphatic rings. The summed E-state index contributed by atoms with van der Waals surface area (Å²) < 4.78 is 19.1. The van der Waals surface area contributed by atoms with Crippen LogP contribution in [0.4, 0.5) is 9.52 Å². The van der Waals surface area contributed by atoms with Crippen molar-refractivity contribution in [3.63, 3.8) is 0 Å². The molecule has 0 bridgehead atoms. The molecule has 1 amide bonds. The number of nitrogens with zero attached hydrogens (tertiary/aromatic N) is 3. The summed E-state index contributed by atoms with van der Waals surface area (Å²) in [5.41, 5.74) is 0.173. The van der Waals surface area contributed by atoms with Crippen molar-refractivity contribution in [2.75, 3.05) is 5.32 Å². The van der Waals surface area contributed by atoms with Crippen molar-refractivity contribution in [1.29, 1.82) is 0 Å². The van der Waals surface area contributed by atoms with Gasteiger partial charge in [-0.15, -0.1) is 10.2 Å². The van der Waals surface area contributed by atoms with Crippen molar-refractivity contribution < 1.29 is 13.6 Å². The van der Waals surface area contributed by atoms with Crippen LogP contribution in [0.25, 0.3) is 11.3 Å². The van der Waals surface area contributed by atoms with Gasteiger partial charge in [-0.3, -0.25) is 10.1 Å². The van der Waals surface area contributed by atoms with Gasteiger partial charge in [0.2, 0.25) is 5.13 Å². The van der Waals surface area contributed by atoms with E-state index < -0.39 is 11.7 Å². The summed E-state index contributed by atoms with van der Waals surface area (Å²) in [5, 5.41) is 11.7. The fourth-order valence-corrected chi connectivity index (χ4v) is 2.66. The first-order valence-electron chi connectivity index (χ1n) is 6.89. The Balaban J connectivity index is 1.86. The van der Waals surface area contributed by atoms with Crippen LogP contribution in [0, 0.1) is 5.82 Å². The van der Waals surface area contributed by atoms with Crippen molar-refractivity contribution in [2.24, 2.45) is 0 Å². The molecule has 1 aromatic carbocycles. The highest BCUT2D eigenvalue weighted by Gasteiger charge is 2.22. The first kappa shape index (κ1) is 15.3. The second-order valence-electron chi connectivity index (χ2n) is 5.06. The minimum absolute atomic E-state index is 0.00334. The lowest BCUT2D eigenvalue weighted by Crippen LogP contribution is -2.13. The second-order valence-corrected chi connectivity index (χ2v) is 6.07. The Labute approximate surface area is 135 Å². The Bertz CT molecular complexity index is 843. The Hall–Kier alpha value is -2.61. The van der Waals surface area contributed by atoms with Crippen molar-refractivity contribution in [2.45, 2.75) is 19.8 Å². The molecule has 3 aromatic rings. The Morgan fingerprint density at radius 2 is 2.09 bits per heavy atom. The van der Waals surface area contributed by atoms with Gasteiger partial charge in [0.15, 0.2) is 17.8 Å². The van der Waals surface area contributed by atoms with Crippen LogP contribution in [0.5, 0.6) is 0 Å². The third-order valence-electron chi connectivity index (χ3n) is 3.06. The van der Waals surface area contributed by atoms with Gasteiger partial charge in [0.25, 0.3) is 5.91 Å². The molecule has 23 heavy (non-hydrogen) atoms. The molecule has 118 valence electrons. The minimum atomic E-state index is -0.525. The number of halogens is 1. The number of hydrogen-bond donors (Lipinski definition) is 1. The SMILES string of the molecule is CC(C)c1nnc(NC(=O)c2ncoc2-c2ccccc2F)s1. The lowest BCUT2D eigenvalue weighted by atomic mass is 10.1. The number of aromatic nitrogens is 3. The number of hydrogen-bond acceptors (Lipinski definition) is 6. The van der Waals surface area contributed by atoms with E-state index in [1.54, 1.807) is 12.1 Å². The predicted octanol–water partition coefficient (Wildman–Crippen LogP) is 3.71. The van der Waals surface area contributed by atoms with Crippen LogP contribution in [-0.4, -0.2) is 21.1 Å². The molecule has 2 heterocycles. The molecule has 0 saturated heterocycles. The van der Waals surface area contributed by atoms with Crippen LogP contribution in [0.3, 0.4) is 0 Å². The number of benzene rings is 1. The molecule has 0 atom stereocenters. The summed E-state index contributed by atoms with van der Waals surface area (Å²) in [6.07, 6.45) is 1.11. The van der Waals surface area contributed by atoms with E-state index in [1.807, 2.05) is 13.8 Å². The van der Waals surface area contributed by atoms with Crippen molar-refractivity contribution in [1.82, 2.24) is 15.2 Å². The molecule has 8 heteroatoms. The van der Waals surface area contributed by atoms with Gasteiger partial charge < -0.3 is 4.42 Å². The molecule has 6 nitrogen and oxygen atoms in total. The Morgan fingerprint density at radius 3 is 2.78 bits per heavy atom. The van der Waals surface area contributed by atoms with E-state index in [2.05, 4.69) is 20.5 Å². The van der Waals surface area contributed by atoms with E-state index in [0.717, 1.165) is 11.4 Å². The van der Waals surface area contributed by atoms with Crippen LogP contribution in [-0.2, 0) is 0 Å². The summed E-state index contributed by atoms with van der Waals surface area (Å²) in [5.74, 6) is -0.715. The smallest absolute Gasteiger partial charge is 0.280 e. The summed E-state index contributed by atoms with van der Waals surface area (Å²) in [6, 6.07) is 6.03. The maximum Gasteiger partial charge on any atom is 0.280 e. The average Bonchev–Trinajstić information content (AvgIpc) is 3.16. The van der Waals surface area contributed by atoms with E-state index in [4.69, 9.17) is 4.42 Å². The average molecular weight is 332 g/mol. The Morgan fingerprint density at radius 1 is 1.30 bits per heavy atom. The van der Waals surface area contributed by atoms with Gasteiger partial charge in [0, 0.05) is 5.92 Å². The predicted molar refractivity (Wildman–Crippen MR) is 83.8 cm³/mol. The second kappa shape index (κ2) is 6.25. The summed E-state index contributed by atoms with van der Waals surface area (Å²) in [7, 11) is 0. The topological polar surface area (TPSA) is 80.9 Å². The zero-order valence-electron chi connectivity index (χ0n) is 12.4. The highest BCUT2D eigenvalue weighted by Crippen LogP contribution is 2.27. The van der Waals surface area contributed by atoms with Gasteiger partial charge >= 0.3 is 0 Å². The van der Waals surface area contributed by atoms with Gasteiger partial charge in [0.05, 0.1) is 5.56 Å². The molecule has 0 fully saturated rings. The molecule has 0 aliphatic carbocycles. The first-order chi connectivity index (χ1) is 11.1. The molecule has 3 rings (SSSR count). The molecule has 2 aromatic heterocycles. The monoisotopic (exact) mass is 332 g/mol. The van der Waals surface area contributed by atoms with Crippen molar-refractivity contribution >= 4 is 22.4 Å². The molecular formula is C15H13FN4O2S. The number of carbonyl (C=O) groups excluding carboxylic acids is 1. The van der Waals surface area contributed by atoms with Crippen molar-refractivity contribution in [3.05, 3.63) is 47.2 Å². The zero-order chi connectivity index (χ0) is 16.4. The fourth-order valence-electron chi connectivity index (χ4n) is 1.92. The molecule has 0 saturated carbocycles. The minimum Gasteiger partial charge on any atom is -0.443 e. The van der Waals surface area contributed by atoms with Crippen LogP contribution < -0.4 is 5.32 Å². The summed E-state index contributed by atoms with van der Waals surface area (Å²) in [4.78, 5) is 16.2. The third-order valence-corrected chi connectivity index (χ3v) is 4.20. The lowest BCUT2D eigenvalue weighted by Gasteiger charge is -2.02. The van der Waals surface area contributed by atoms with Crippen LogP contribution in [0.15, 0.2) is 35.1 Å². The van der Waals surface area contributed by atoms with Gasteiger partial charge in [-0.05, 0) is 12.1 Å².